The third-order valence-corrected chi connectivity index (χ3v) is 2.97. The Balaban J connectivity index is 2.72. The van der Waals surface area contributed by atoms with Gasteiger partial charge in [0.1, 0.15) is 5.56 Å². The molecule has 1 atom stereocenters. The van der Waals surface area contributed by atoms with E-state index in [1.54, 1.807) is 0 Å². The van der Waals surface area contributed by atoms with Crippen LogP contribution in [0, 0.1) is 10.1 Å². The lowest BCUT2D eigenvalue weighted by molar-refractivity contribution is -0.385. The molecule has 1 aromatic carbocycles. The number of nitro groups is 1. The van der Waals surface area contributed by atoms with E-state index in [-0.39, 0.29) is 16.6 Å². The van der Waals surface area contributed by atoms with Gasteiger partial charge in [-0.2, -0.15) is 0 Å². The first-order valence-electron chi connectivity index (χ1n) is 6.25. The molecular weight excluding hydrogens is 300 g/mol. The van der Waals surface area contributed by atoms with Gasteiger partial charge in [0.2, 0.25) is 0 Å². The Bertz CT molecular complexity index is 561. The number of esters is 1. The van der Waals surface area contributed by atoms with Crippen LogP contribution in [0.3, 0.4) is 0 Å². The summed E-state index contributed by atoms with van der Waals surface area (Å²) in [5, 5.41) is 13.6. The van der Waals surface area contributed by atoms with Crippen LogP contribution < -0.4 is 5.32 Å². The van der Waals surface area contributed by atoms with E-state index in [2.05, 4.69) is 5.32 Å². The van der Waals surface area contributed by atoms with E-state index in [0.29, 0.717) is 0 Å². The molecule has 1 aromatic rings. The molecule has 0 saturated heterocycles. The number of benzene rings is 1. The van der Waals surface area contributed by atoms with Gasteiger partial charge in [0, 0.05) is 17.1 Å². The fraction of sp³-hybridized carbons (Fsp3) is 0.385. The van der Waals surface area contributed by atoms with Gasteiger partial charge in [0.25, 0.3) is 11.6 Å². The van der Waals surface area contributed by atoms with E-state index in [1.165, 1.54) is 12.1 Å². The van der Waals surface area contributed by atoms with Gasteiger partial charge in [-0.1, -0.05) is 18.5 Å². The van der Waals surface area contributed by atoms with Crippen LogP contribution in [0.25, 0.3) is 0 Å². The van der Waals surface area contributed by atoms with Gasteiger partial charge in [-0.05, 0) is 25.5 Å². The van der Waals surface area contributed by atoms with Crippen molar-refractivity contribution < 1.29 is 19.2 Å². The molecule has 21 heavy (non-hydrogen) atoms. The third-order valence-electron chi connectivity index (χ3n) is 2.73. The first-order chi connectivity index (χ1) is 9.85. The van der Waals surface area contributed by atoms with Crippen molar-refractivity contribution >= 4 is 29.2 Å². The molecule has 1 amide bonds. The third kappa shape index (κ3) is 5.03. The van der Waals surface area contributed by atoms with Crippen molar-refractivity contribution in [3.05, 3.63) is 38.9 Å². The predicted octanol–water partition coefficient (Wildman–Crippen LogP) is 2.32. The van der Waals surface area contributed by atoms with Crippen molar-refractivity contribution in [2.45, 2.75) is 26.3 Å². The molecule has 0 unspecified atom stereocenters. The summed E-state index contributed by atoms with van der Waals surface area (Å²) < 4.78 is 4.77. The Kier molecular flexibility index (Phi) is 6.10. The van der Waals surface area contributed by atoms with Gasteiger partial charge in [0.15, 0.2) is 6.61 Å². The normalized spacial score (nSPS) is 11.6. The molecule has 1 N–H and O–H groups in total. The zero-order chi connectivity index (χ0) is 16.0. The Morgan fingerprint density at radius 2 is 2.14 bits per heavy atom. The number of nitrogens with one attached hydrogen (secondary N) is 1. The molecular formula is C13H15ClN2O5. The van der Waals surface area contributed by atoms with Gasteiger partial charge in [-0.25, -0.2) is 4.79 Å². The number of hydrogen-bond acceptors (Lipinski definition) is 5. The van der Waals surface area contributed by atoms with Crippen LogP contribution in [-0.4, -0.2) is 29.4 Å². The van der Waals surface area contributed by atoms with Crippen molar-refractivity contribution in [3.63, 3.8) is 0 Å². The second-order valence-electron chi connectivity index (χ2n) is 4.37. The van der Waals surface area contributed by atoms with Gasteiger partial charge >= 0.3 is 5.97 Å². The minimum Gasteiger partial charge on any atom is -0.452 e. The highest BCUT2D eigenvalue weighted by molar-refractivity contribution is 6.31. The minimum atomic E-state index is -0.947. The Morgan fingerprint density at radius 3 is 2.71 bits per heavy atom. The number of hydrogen-bond donors (Lipinski definition) is 1. The second-order valence-corrected chi connectivity index (χ2v) is 4.81. The summed E-state index contributed by atoms with van der Waals surface area (Å²) in [4.78, 5) is 33.4. The topological polar surface area (TPSA) is 98.5 Å². The summed E-state index contributed by atoms with van der Waals surface area (Å²) in [7, 11) is 0. The number of ether oxygens (including phenoxy) is 1. The molecule has 0 fully saturated rings. The summed E-state index contributed by atoms with van der Waals surface area (Å²) in [6.45, 7) is 3.21. The molecule has 0 aliphatic heterocycles. The van der Waals surface area contributed by atoms with Crippen LogP contribution in [0.1, 0.15) is 30.6 Å². The van der Waals surface area contributed by atoms with Crippen molar-refractivity contribution in [1.82, 2.24) is 5.32 Å². The molecule has 0 spiro atoms. The van der Waals surface area contributed by atoms with Crippen LogP contribution >= 0.6 is 11.6 Å². The van der Waals surface area contributed by atoms with E-state index >= 15 is 0 Å². The van der Waals surface area contributed by atoms with E-state index in [9.17, 15) is 19.7 Å². The number of rotatable bonds is 6. The molecule has 8 heteroatoms. The van der Waals surface area contributed by atoms with Crippen molar-refractivity contribution in [2.75, 3.05) is 6.61 Å². The molecule has 0 aliphatic carbocycles. The maximum atomic E-state index is 11.8. The Hall–Kier alpha value is -2.15. The van der Waals surface area contributed by atoms with Crippen LogP contribution in [0.4, 0.5) is 5.69 Å². The second kappa shape index (κ2) is 7.58. The molecule has 1 rings (SSSR count). The molecule has 0 bridgehead atoms. The summed E-state index contributed by atoms with van der Waals surface area (Å²) in [5.41, 5.74) is -0.712. The Labute approximate surface area is 126 Å². The van der Waals surface area contributed by atoms with Crippen molar-refractivity contribution in [2.24, 2.45) is 0 Å². The lowest BCUT2D eigenvalue weighted by Gasteiger charge is -2.11. The summed E-state index contributed by atoms with van der Waals surface area (Å²) in [5.74, 6) is -1.41. The first kappa shape index (κ1) is 16.9. The van der Waals surface area contributed by atoms with Crippen molar-refractivity contribution in [1.29, 1.82) is 0 Å². The summed E-state index contributed by atoms with van der Waals surface area (Å²) in [6, 6.07) is 3.54. The zero-order valence-electron chi connectivity index (χ0n) is 11.6. The van der Waals surface area contributed by atoms with Gasteiger partial charge in [-0.3, -0.25) is 14.9 Å². The smallest absolute Gasteiger partial charge is 0.345 e. The van der Waals surface area contributed by atoms with Crippen molar-refractivity contribution in [3.8, 4) is 0 Å². The predicted molar refractivity (Wildman–Crippen MR) is 76.3 cm³/mol. The van der Waals surface area contributed by atoms with E-state index in [4.69, 9.17) is 16.3 Å². The average Bonchev–Trinajstić information content (AvgIpc) is 2.44. The van der Waals surface area contributed by atoms with E-state index < -0.39 is 29.1 Å². The molecule has 0 aliphatic rings. The Morgan fingerprint density at radius 1 is 1.48 bits per heavy atom. The monoisotopic (exact) mass is 314 g/mol. The standard InChI is InChI=1S/C13H15ClN2O5/c1-3-8(2)15-12(17)7-21-13(18)10-5-4-9(14)6-11(10)16(19)20/h4-6,8H,3,7H2,1-2H3,(H,15,17)/t8-/m1/s1. The summed E-state index contributed by atoms with van der Waals surface area (Å²) >= 11 is 5.65. The summed E-state index contributed by atoms with van der Waals surface area (Å²) in [6.07, 6.45) is 0.738. The number of carbonyl (C=O) groups excluding carboxylic acids is 2. The quantitative estimate of drug-likeness (QED) is 0.493. The van der Waals surface area contributed by atoms with Gasteiger partial charge in [0.05, 0.1) is 4.92 Å². The molecule has 0 saturated carbocycles. The van der Waals surface area contributed by atoms with Crippen LogP contribution in [0.5, 0.6) is 0 Å². The van der Waals surface area contributed by atoms with Gasteiger partial charge < -0.3 is 10.1 Å². The van der Waals surface area contributed by atoms with E-state index in [0.717, 1.165) is 12.5 Å². The molecule has 114 valence electrons. The maximum absolute atomic E-state index is 11.8. The van der Waals surface area contributed by atoms with Crippen LogP contribution in [0.15, 0.2) is 18.2 Å². The molecule has 0 heterocycles. The lowest BCUT2D eigenvalue weighted by Crippen LogP contribution is -2.35. The fourth-order valence-electron chi connectivity index (χ4n) is 1.46. The van der Waals surface area contributed by atoms with Crippen LogP contribution in [0.2, 0.25) is 5.02 Å². The molecule has 0 radical (unpaired) electrons. The highest BCUT2D eigenvalue weighted by Gasteiger charge is 2.22. The fourth-order valence-corrected chi connectivity index (χ4v) is 1.62. The molecule has 7 nitrogen and oxygen atoms in total. The average molecular weight is 315 g/mol. The number of nitro benzene ring substituents is 1. The van der Waals surface area contributed by atoms with E-state index in [1.807, 2.05) is 13.8 Å². The highest BCUT2D eigenvalue weighted by atomic mass is 35.5. The number of carbonyl (C=O) groups is 2. The first-order valence-corrected chi connectivity index (χ1v) is 6.63. The zero-order valence-corrected chi connectivity index (χ0v) is 12.3. The van der Waals surface area contributed by atoms with Gasteiger partial charge in [-0.15, -0.1) is 0 Å². The minimum absolute atomic E-state index is 0.0407. The number of amides is 1. The SMILES string of the molecule is CC[C@@H](C)NC(=O)COC(=O)c1ccc(Cl)cc1[N+](=O)[O-]. The molecule has 0 aromatic heterocycles. The largest absolute Gasteiger partial charge is 0.452 e. The lowest BCUT2D eigenvalue weighted by atomic mass is 10.2. The highest BCUT2D eigenvalue weighted by Crippen LogP contribution is 2.23. The number of nitrogens with zero attached hydrogens (tertiary/aromatic N) is 1. The van der Waals surface area contributed by atoms with Crippen LogP contribution in [-0.2, 0) is 9.53 Å². The maximum Gasteiger partial charge on any atom is 0.345 e. The number of halogens is 1.